The molecular weight excluding hydrogens is 321 g/mol. The van der Waals surface area contributed by atoms with Crippen LogP contribution in [-0.4, -0.2) is 23.3 Å². The molecule has 1 aromatic heterocycles. The first kappa shape index (κ1) is 18.6. The maximum absolute atomic E-state index is 12.9. The first-order valence-electron chi connectivity index (χ1n) is 8.37. The molecule has 0 aliphatic carbocycles. The molecule has 6 heteroatoms. The molecule has 132 valence electrons. The molecule has 1 aromatic carbocycles. The van der Waals surface area contributed by atoms with Crippen LogP contribution in [0.3, 0.4) is 0 Å². The van der Waals surface area contributed by atoms with Crippen LogP contribution in [-0.2, 0) is 6.54 Å². The number of benzene rings is 1. The van der Waals surface area contributed by atoms with Gasteiger partial charge in [0.1, 0.15) is 11.5 Å². The molecular formula is C19H22FN3O2. The average Bonchev–Trinajstić information content (AvgIpc) is 2.64. The van der Waals surface area contributed by atoms with Crippen LogP contribution < -0.4 is 10.6 Å². The predicted molar refractivity (Wildman–Crippen MR) is 93.7 cm³/mol. The fourth-order valence-corrected chi connectivity index (χ4v) is 2.25. The highest BCUT2D eigenvalue weighted by molar-refractivity contribution is 5.98. The van der Waals surface area contributed by atoms with Crippen molar-refractivity contribution in [1.82, 2.24) is 15.6 Å². The number of rotatable bonds is 8. The van der Waals surface area contributed by atoms with Crippen molar-refractivity contribution in [2.24, 2.45) is 0 Å². The lowest BCUT2D eigenvalue weighted by Crippen LogP contribution is -2.27. The molecule has 2 amide bonds. The van der Waals surface area contributed by atoms with Crippen molar-refractivity contribution >= 4 is 11.8 Å². The van der Waals surface area contributed by atoms with Gasteiger partial charge in [0.2, 0.25) is 0 Å². The molecule has 0 saturated carbocycles. The summed E-state index contributed by atoms with van der Waals surface area (Å²) in [6.45, 7) is 2.97. The van der Waals surface area contributed by atoms with Gasteiger partial charge in [-0.15, -0.1) is 0 Å². The summed E-state index contributed by atoms with van der Waals surface area (Å²) in [6.07, 6.45) is 4.49. The molecule has 0 spiro atoms. The van der Waals surface area contributed by atoms with Crippen LogP contribution in [0.15, 0.2) is 42.6 Å². The Hall–Kier alpha value is -2.76. The maximum Gasteiger partial charge on any atom is 0.269 e. The Balaban J connectivity index is 1.91. The standard InChI is InChI=1S/C19H22FN3O2/c1-2-3-4-10-22-19(25)17-12-15(9-11-21-17)18(24)23-13-14-5-7-16(20)8-6-14/h5-9,11-12H,2-4,10,13H2,1H3,(H,22,25)(H,23,24). The largest absolute Gasteiger partial charge is 0.351 e. The van der Waals surface area contributed by atoms with E-state index >= 15 is 0 Å². The Bertz CT molecular complexity index is 717. The number of halogens is 1. The molecule has 0 atom stereocenters. The van der Waals surface area contributed by atoms with Crippen LogP contribution >= 0.6 is 0 Å². The van der Waals surface area contributed by atoms with E-state index in [1.165, 1.54) is 24.4 Å². The highest BCUT2D eigenvalue weighted by Crippen LogP contribution is 2.05. The van der Waals surface area contributed by atoms with E-state index in [1.807, 2.05) is 0 Å². The minimum atomic E-state index is -0.321. The highest BCUT2D eigenvalue weighted by Gasteiger charge is 2.11. The molecule has 0 bridgehead atoms. The molecule has 0 aliphatic heterocycles. The average molecular weight is 343 g/mol. The molecule has 25 heavy (non-hydrogen) atoms. The van der Waals surface area contributed by atoms with Crippen LogP contribution in [0.5, 0.6) is 0 Å². The molecule has 2 rings (SSSR count). The van der Waals surface area contributed by atoms with Gasteiger partial charge in [-0.25, -0.2) is 4.39 Å². The van der Waals surface area contributed by atoms with Crippen molar-refractivity contribution in [3.63, 3.8) is 0 Å². The van der Waals surface area contributed by atoms with Gasteiger partial charge in [-0.05, 0) is 36.2 Å². The SMILES string of the molecule is CCCCCNC(=O)c1cc(C(=O)NCc2ccc(F)cc2)ccn1. The number of carbonyl (C=O) groups is 2. The van der Waals surface area contributed by atoms with E-state index in [0.717, 1.165) is 24.8 Å². The Labute approximate surface area is 146 Å². The van der Waals surface area contributed by atoms with E-state index in [-0.39, 0.29) is 29.9 Å². The molecule has 2 N–H and O–H groups in total. The van der Waals surface area contributed by atoms with E-state index in [2.05, 4.69) is 22.5 Å². The highest BCUT2D eigenvalue weighted by atomic mass is 19.1. The summed E-state index contributed by atoms with van der Waals surface area (Å²) in [6, 6.07) is 8.92. The first-order chi connectivity index (χ1) is 12.1. The van der Waals surface area contributed by atoms with Gasteiger partial charge in [-0.3, -0.25) is 14.6 Å². The monoisotopic (exact) mass is 343 g/mol. The predicted octanol–water partition coefficient (Wildman–Crippen LogP) is 3.07. The molecule has 2 aromatic rings. The van der Waals surface area contributed by atoms with Crippen LogP contribution in [0.4, 0.5) is 4.39 Å². The van der Waals surface area contributed by atoms with E-state index in [1.54, 1.807) is 18.2 Å². The van der Waals surface area contributed by atoms with Crippen molar-refractivity contribution < 1.29 is 14.0 Å². The molecule has 0 radical (unpaired) electrons. The third-order valence-corrected chi connectivity index (χ3v) is 3.69. The number of unbranched alkanes of at least 4 members (excludes halogenated alkanes) is 2. The van der Waals surface area contributed by atoms with Crippen molar-refractivity contribution in [3.8, 4) is 0 Å². The minimum Gasteiger partial charge on any atom is -0.351 e. The molecule has 0 unspecified atom stereocenters. The lowest BCUT2D eigenvalue weighted by atomic mass is 10.2. The Morgan fingerprint density at radius 2 is 1.80 bits per heavy atom. The Kier molecular flexibility index (Phi) is 7.07. The zero-order chi connectivity index (χ0) is 18.1. The third kappa shape index (κ3) is 5.99. The molecule has 0 saturated heterocycles. The molecule has 0 aliphatic rings. The summed E-state index contributed by atoms with van der Waals surface area (Å²) in [5.41, 5.74) is 1.36. The number of pyridine rings is 1. The van der Waals surface area contributed by atoms with E-state index < -0.39 is 0 Å². The second-order valence-corrected chi connectivity index (χ2v) is 5.70. The molecule has 0 fully saturated rings. The van der Waals surface area contributed by atoms with Crippen molar-refractivity contribution in [2.75, 3.05) is 6.54 Å². The Morgan fingerprint density at radius 3 is 2.52 bits per heavy atom. The van der Waals surface area contributed by atoms with Crippen LogP contribution in [0.2, 0.25) is 0 Å². The molecule has 5 nitrogen and oxygen atoms in total. The van der Waals surface area contributed by atoms with Gasteiger partial charge in [0.05, 0.1) is 0 Å². The van der Waals surface area contributed by atoms with Gasteiger partial charge >= 0.3 is 0 Å². The second kappa shape index (κ2) is 9.52. The van der Waals surface area contributed by atoms with Gasteiger partial charge in [-0.1, -0.05) is 31.9 Å². The summed E-state index contributed by atoms with van der Waals surface area (Å²) < 4.78 is 12.9. The van der Waals surface area contributed by atoms with E-state index in [4.69, 9.17) is 0 Å². The summed E-state index contributed by atoms with van der Waals surface area (Å²) in [5, 5.41) is 5.53. The fraction of sp³-hybridized carbons (Fsp3) is 0.316. The van der Waals surface area contributed by atoms with Gasteiger partial charge in [0.25, 0.3) is 11.8 Å². The van der Waals surface area contributed by atoms with Crippen molar-refractivity contribution in [2.45, 2.75) is 32.7 Å². The van der Waals surface area contributed by atoms with Crippen LogP contribution in [0.25, 0.3) is 0 Å². The normalized spacial score (nSPS) is 10.3. The van der Waals surface area contributed by atoms with E-state index in [9.17, 15) is 14.0 Å². The zero-order valence-corrected chi connectivity index (χ0v) is 14.2. The summed E-state index contributed by atoms with van der Waals surface area (Å²) in [7, 11) is 0. The number of nitrogens with zero attached hydrogens (tertiary/aromatic N) is 1. The van der Waals surface area contributed by atoms with Gasteiger partial charge in [-0.2, -0.15) is 0 Å². The Morgan fingerprint density at radius 1 is 1.04 bits per heavy atom. The lowest BCUT2D eigenvalue weighted by molar-refractivity contribution is 0.0948. The number of carbonyl (C=O) groups excluding carboxylic acids is 2. The van der Waals surface area contributed by atoms with Gasteiger partial charge < -0.3 is 10.6 Å². The fourth-order valence-electron chi connectivity index (χ4n) is 2.25. The number of aromatic nitrogens is 1. The summed E-state index contributed by atoms with van der Waals surface area (Å²) in [5.74, 6) is -0.921. The van der Waals surface area contributed by atoms with Crippen molar-refractivity contribution in [1.29, 1.82) is 0 Å². The van der Waals surface area contributed by atoms with E-state index in [0.29, 0.717) is 12.1 Å². The van der Waals surface area contributed by atoms with Crippen molar-refractivity contribution in [3.05, 3.63) is 65.2 Å². The number of hydrogen-bond acceptors (Lipinski definition) is 3. The smallest absolute Gasteiger partial charge is 0.269 e. The van der Waals surface area contributed by atoms with Crippen LogP contribution in [0.1, 0.15) is 52.6 Å². The topological polar surface area (TPSA) is 71.1 Å². The summed E-state index contributed by atoms with van der Waals surface area (Å²) in [4.78, 5) is 28.3. The molecule has 1 heterocycles. The maximum atomic E-state index is 12.9. The third-order valence-electron chi connectivity index (χ3n) is 3.69. The number of hydrogen-bond donors (Lipinski definition) is 2. The zero-order valence-electron chi connectivity index (χ0n) is 14.2. The minimum absolute atomic E-state index is 0.214. The number of amides is 2. The summed E-state index contributed by atoms with van der Waals surface area (Å²) >= 11 is 0. The van der Waals surface area contributed by atoms with Gasteiger partial charge in [0, 0.05) is 24.8 Å². The van der Waals surface area contributed by atoms with Crippen LogP contribution in [0, 0.1) is 5.82 Å². The van der Waals surface area contributed by atoms with Gasteiger partial charge in [0.15, 0.2) is 0 Å². The number of nitrogens with one attached hydrogen (secondary N) is 2. The first-order valence-corrected chi connectivity index (χ1v) is 8.37. The quantitative estimate of drug-likeness (QED) is 0.724. The second-order valence-electron chi connectivity index (χ2n) is 5.70. The lowest BCUT2D eigenvalue weighted by Gasteiger charge is -2.07.